The van der Waals surface area contributed by atoms with Gasteiger partial charge >= 0.3 is 0 Å². The van der Waals surface area contributed by atoms with Gasteiger partial charge in [-0.3, -0.25) is 9.69 Å². The Hall–Kier alpha value is -2.21. The van der Waals surface area contributed by atoms with Gasteiger partial charge in [-0.15, -0.1) is 0 Å². The summed E-state index contributed by atoms with van der Waals surface area (Å²) in [6.07, 6.45) is 0.624. The minimum atomic E-state index is -0.420. The third-order valence-corrected chi connectivity index (χ3v) is 5.05. The van der Waals surface area contributed by atoms with E-state index in [0.717, 1.165) is 30.8 Å². The molecule has 0 radical (unpaired) electrons. The number of nitrogens with zero attached hydrogens (tertiary/aromatic N) is 1. The number of aliphatic hydroxyl groups excluding tert-OH is 1. The fraction of sp³-hybridized carbons (Fsp3) is 0.409. The molecule has 27 heavy (non-hydrogen) atoms. The summed E-state index contributed by atoms with van der Waals surface area (Å²) in [6.45, 7) is 6.66. The summed E-state index contributed by atoms with van der Waals surface area (Å²) in [4.78, 5) is 13.5. The molecule has 3 rings (SSSR count). The molecule has 1 heterocycles. The quantitative estimate of drug-likeness (QED) is 0.704. The highest BCUT2D eigenvalue weighted by Gasteiger charge is 2.18. The number of hydrogen-bond donors (Lipinski definition) is 3. The summed E-state index contributed by atoms with van der Waals surface area (Å²) in [6, 6.07) is 16.4. The number of rotatable bonds is 7. The molecule has 144 valence electrons. The van der Waals surface area contributed by atoms with Crippen molar-refractivity contribution in [3.63, 3.8) is 0 Å². The molecule has 0 aliphatic carbocycles. The average molecular weight is 367 g/mol. The fourth-order valence-corrected chi connectivity index (χ4v) is 3.59. The van der Waals surface area contributed by atoms with E-state index in [9.17, 15) is 9.90 Å². The average Bonchev–Trinajstić information content (AvgIpc) is 2.65. The Bertz CT molecular complexity index is 778. The number of carbonyl (C=O) groups is 1. The number of aliphatic hydroxyl groups is 1. The molecule has 0 fully saturated rings. The van der Waals surface area contributed by atoms with Crippen LogP contribution in [0.5, 0.6) is 0 Å². The lowest BCUT2D eigenvalue weighted by Gasteiger charge is -2.30. The van der Waals surface area contributed by atoms with Crippen molar-refractivity contribution in [2.75, 3.05) is 25.0 Å². The van der Waals surface area contributed by atoms with E-state index < -0.39 is 6.10 Å². The summed E-state index contributed by atoms with van der Waals surface area (Å²) in [7, 11) is 0. The first kappa shape index (κ1) is 19.5. The van der Waals surface area contributed by atoms with E-state index in [1.807, 2.05) is 24.3 Å². The zero-order chi connectivity index (χ0) is 19.2. The van der Waals surface area contributed by atoms with Crippen molar-refractivity contribution in [3.8, 4) is 0 Å². The van der Waals surface area contributed by atoms with E-state index in [4.69, 9.17) is 0 Å². The van der Waals surface area contributed by atoms with Gasteiger partial charge in [-0.25, -0.2) is 0 Å². The minimum Gasteiger partial charge on any atom is -0.390 e. The van der Waals surface area contributed by atoms with Crippen molar-refractivity contribution < 1.29 is 9.90 Å². The largest absolute Gasteiger partial charge is 0.390 e. The number of amides is 1. The van der Waals surface area contributed by atoms with Crippen LogP contribution in [0.3, 0.4) is 0 Å². The van der Waals surface area contributed by atoms with E-state index in [0.29, 0.717) is 13.1 Å². The van der Waals surface area contributed by atoms with Crippen LogP contribution in [0.15, 0.2) is 48.5 Å². The number of nitrogens with one attached hydrogen (secondary N) is 2. The van der Waals surface area contributed by atoms with Gasteiger partial charge in [-0.2, -0.15) is 0 Å². The van der Waals surface area contributed by atoms with Crippen LogP contribution in [-0.4, -0.2) is 41.7 Å². The van der Waals surface area contributed by atoms with Gasteiger partial charge in [0.25, 0.3) is 0 Å². The zero-order valence-corrected chi connectivity index (χ0v) is 16.1. The lowest BCUT2D eigenvalue weighted by Crippen LogP contribution is -2.41. The summed E-state index contributed by atoms with van der Waals surface area (Å²) < 4.78 is 0. The molecule has 0 saturated carbocycles. The standard InChI is InChI=1S/C22H29N3O2/c1-16(19-8-5-9-21(12-19)24-17(2)26)23-13-22(27)15-25-11-10-18-6-3-4-7-20(18)14-25/h3-9,12,16,22-23,27H,10-11,13-15H2,1-2H3,(H,24,26). The highest BCUT2D eigenvalue weighted by atomic mass is 16.3. The second-order valence-corrected chi connectivity index (χ2v) is 7.34. The van der Waals surface area contributed by atoms with Crippen LogP contribution in [0.2, 0.25) is 0 Å². The topological polar surface area (TPSA) is 64.6 Å². The Morgan fingerprint density at radius 3 is 2.74 bits per heavy atom. The molecule has 2 atom stereocenters. The van der Waals surface area contributed by atoms with Crippen LogP contribution in [0, 0.1) is 0 Å². The number of benzene rings is 2. The Kier molecular flexibility index (Phi) is 6.61. The van der Waals surface area contributed by atoms with Crippen LogP contribution in [-0.2, 0) is 17.8 Å². The number of anilines is 1. The lowest BCUT2D eigenvalue weighted by atomic mass is 10.00. The number of carbonyl (C=O) groups excluding carboxylic acids is 1. The molecule has 0 saturated heterocycles. The second-order valence-electron chi connectivity index (χ2n) is 7.34. The molecule has 0 spiro atoms. The summed E-state index contributed by atoms with van der Waals surface area (Å²) in [5.41, 5.74) is 4.67. The van der Waals surface area contributed by atoms with Crippen molar-refractivity contribution in [1.82, 2.24) is 10.2 Å². The monoisotopic (exact) mass is 367 g/mol. The molecule has 5 nitrogen and oxygen atoms in total. The molecular weight excluding hydrogens is 338 g/mol. The van der Waals surface area contributed by atoms with Gasteiger partial charge in [0.15, 0.2) is 0 Å². The Morgan fingerprint density at radius 2 is 1.96 bits per heavy atom. The van der Waals surface area contributed by atoms with Gasteiger partial charge in [0.05, 0.1) is 6.10 Å². The van der Waals surface area contributed by atoms with E-state index in [-0.39, 0.29) is 11.9 Å². The molecule has 0 bridgehead atoms. The van der Waals surface area contributed by atoms with Crippen LogP contribution < -0.4 is 10.6 Å². The maximum Gasteiger partial charge on any atom is 0.221 e. The third-order valence-electron chi connectivity index (χ3n) is 5.05. The predicted molar refractivity (Wildman–Crippen MR) is 109 cm³/mol. The van der Waals surface area contributed by atoms with E-state index >= 15 is 0 Å². The van der Waals surface area contributed by atoms with Gasteiger partial charge in [-0.05, 0) is 42.2 Å². The summed E-state index contributed by atoms with van der Waals surface area (Å²) in [5, 5.41) is 16.7. The number of hydrogen-bond acceptors (Lipinski definition) is 4. The lowest BCUT2D eigenvalue weighted by molar-refractivity contribution is -0.114. The second kappa shape index (κ2) is 9.13. The molecule has 3 N–H and O–H groups in total. The molecule has 2 unspecified atom stereocenters. The molecule has 2 aromatic rings. The van der Waals surface area contributed by atoms with Gasteiger partial charge in [0.2, 0.25) is 5.91 Å². The highest BCUT2D eigenvalue weighted by molar-refractivity contribution is 5.88. The van der Waals surface area contributed by atoms with E-state index in [2.05, 4.69) is 46.7 Å². The van der Waals surface area contributed by atoms with Crippen molar-refractivity contribution in [2.45, 2.75) is 39.0 Å². The SMILES string of the molecule is CC(=O)Nc1cccc(C(C)NCC(O)CN2CCc3ccccc3C2)c1. The van der Waals surface area contributed by atoms with Gasteiger partial charge in [-0.1, -0.05) is 36.4 Å². The first-order valence-corrected chi connectivity index (χ1v) is 9.59. The van der Waals surface area contributed by atoms with Crippen LogP contribution >= 0.6 is 0 Å². The molecule has 1 aliphatic heterocycles. The number of β-amino-alcohol motifs (C(OH)–C–C–N with tert-alkyl or cyclic N) is 1. The maximum absolute atomic E-state index is 11.2. The molecule has 5 heteroatoms. The Labute approximate surface area is 161 Å². The van der Waals surface area contributed by atoms with Crippen LogP contribution in [0.4, 0.5) is 5.69 Å². The molecule has 1 aliphatic rings. The van der Waals surface area contributed by atoms with Crippen molar-refractivity contribution in [3.05, 3.63) is 65.2 Å². The highest BCUT2D eigenvalue weighted by Crippen LogP contribution is 2.19. The van der Waals surface area contributed by atoms with Crippen LogP contribution in [0.1, 0.15) is 36.6 Å². The number of fused-ring (bicyclic) bond motifs is 1. The smallest absolute Gasteiger partial charge is 0.221 e. The Morgan fingerprint density at radius 1 is 1.19 bits per heavy atom. The first-order chi connectivity index (χ1) is 13.0. The molecule has 1 amide bonds. The van der Waals surface area contributed by atoms with Crippen LogP contribution in [0.25, 0.3) is 0 Å². The van der Waals surface area contributed by atoms with Gasteiger partial charge < -0.3 is 15.7 Å². The molecular formula is C22H29N3O2. The summed E-state index contributed by atoms with van der Waals surface area (Å²) >= 11 is 0. The van der Waals surface area contributed by atoms with Crippen molar-refractivity contribution in [2.24, 2.45) is 0 Å². The maximum atomic E-state index is 11.2. The molecule has 0 aromatic heterocycles. The van der Waals surface area contributed by atoms with Gasteiger partial charge in [0, 0.05) is 44.8 Å². The fourth-order valence-electron chi connectivity index (χ4n) is 3.59. The van der Waals surface area contributed by atoms with Crippen molar-refractivity contribution in [1.29, 1.82) is 0 Å². The normalized spacial score (nSPS) is 16.4. The van der Waals surface area contributed by atoms with Gasteiger partial charge in [0.1, 0.15) is 0 Å². The summed E-state index contributed by atoms with van der Waals surface area (Å²) in [5.74, 6) is -0.0775. The first-order valence-electron chi connectivity index (χ1n) is 9.59. The minimum absolute atomic E-state index is 0.0775. The van der Waals surface area contributed by atoms with E-state index in [1.165, 1.54) is 18.1 Å². The predicted octanol–water partition coefficient (Wildman–Crippen LogP) is 2.71. The zero-order valence-electron chi connectivity index (χ0n) is 16.1. The van der Waals surface area contributed by atoms with Crippen molar-refractivity contribution >= 4 is 11.6 Å². The van der Waals surface area contributed by atoms with E-state index in [1.54, 1.807) is 0 Å². The third kappa shape index (κ3) is 5.63. The Balaban J connectivity index is 1.48. The molecule has 2 aromatic carbocycles.